The second-order valence-electron chi connectivity index (χ2n) is 4.86. The van der Waals surface area contributed by atoms with E-state index in [1.807, 2.05) is 6.92 Å². The number of carbonyl (C=O) groups excluding carboxylic acids is 2. The van der Waals surface area contributed by atoms with Crippen LogP contribution in [0.25, 0.3) is 5.57 Å². The van der Waals surface area contributed by atoms with Gasteiger partial charge >= 0.3 is 0 Å². The Balaban J connectivity index is 2.61. The number of carbonyl (C=O) groups is 2. The van der Waals surface area contributed by atoms with Gasteiger partial charge in [0.1, 0.15) is 11.9 Å². The van der Waals surface area contributed by atoms with Crippen molar-refractivity contribution >= 4 is 17.4 Å². The molecule has 0 aromatic heterocycles. The fourth-order valence-electron chi connectivity index (χ4n) is 1.71. The van der Waals surface area contributed by atoms with E-state index in [0.29, 0.717) is 12.1 Å². The molecule has 2 amide bonds. The minimum atomic E-state index is -0.596. The molecule has 2 N–H and O–H groups in total. The van der Waals surface area contributed by atoms with E-state index in [9.17, 15) is 14.0 Å². The number of rotatable bonds is 6. The molecule has 0 aliphatic carbocycles. The van der Waals surface area contributed by atoms with Gasteiger partial charge in [0.2, 0.25) is 11.8 Å². The van der Waals surface area contributed by atoms with Crippen LogP contribution in [0, 0.1) is 5.82 Å². The van der Waals surface area contributed by atoms with Crippen LogP contribution in [0.5, 0.6) is 0 Å². The van der Waals surface area contributed by atoms with Gasteiger partial charge in [0.05, 0.1) is 0 Å². The molecule has 0 saturated heterocycles. The Morgan fingerprint density at radius 2 is 1.90 bits per heavy atom. The largest absolute Gasteiger partial charge is 0.354 e. The number of benzene rings is 1. The standard InChI is InChI=1S/C16H21FN2O2/c1-4-9-18-16(21)12(3)19-15(20)10-11(2)13-5-7-14(17)8-6-13/h5-8,10,12H,4,9H2,1-3H3,(H,18,21)(H,19,20)/b11-10+. The van der Waals surface area contributed by atoms with Gasteiger partial charge in [-0.05, 0) is 43.5 Å². The first-order valence-electron chi connectivity index (χ1n) is 6.96. The van der Waals surface area contributed by atoms with Gasteiger partial charge in [0.25, 0.3) is 0 Å². The van der Waals surface area contributed by atoms with Gasteiger partial charge in [0, 0.05) is 12.6 Å². The lowest BCUT2D eigenvalue weighted by molar-refractivity contribution is -0.126. The maximum atomic E-state index is 12.8. The zero-order valence-electron chi connectivity index (χ0n) is 12.6. The van der Waals surface area contributed by atoms with Crippen LogP contribution in [0.1, 0.15) is 32.8 Å². The molecule has 1 unspecified atom stereocenters. The molecule has 5 heteroatoms. The van der Waals surface area contributed by atoms with Crippen molar-refractivity contribution in [3.63, 3.8) is 0 Å². The molecule has 0 fully saturated rings. The highest BCUT2D eigenvalue weighted by molar-refractivity contribution is 5.97. The summed E-state index contributed by atoms with van der Waals surface area (Å²) in [5.74, 6) is -0.883. The maximum Gasteiger partial charge on any atom is 0.244 e. The molecular weight excluding hydrogens is 271 g/mol. The molecule has 1 rings (SSSR count). The van der Waals surface area contributed by atoms with Crippen LogP contribution < -0.4 is 10.6 Å². The molecule has 0 spiro atoms. The maximum absolute atomic E-state index is 12.8. The molecule has 114 valence electrons. The molecule has 21 heavy (non-hydrogen) atoms. The summed E-state index contributed by atoms with van der Waals surface area (Å²) in [6, 6.07) is 5.29. The fourth-order valence-corrected chi connectivity index (χ4v) is 1.71. The number of allylic oxidation sites excluding steroid dienone is 1. The highest BCUT2D eigenvalue weighted by Crippen LogP contribution is 2.13. The molecule has 0 aliphatic heterocycles. The SMILES string of the molecule is CCCNC(=O)C(C)NC(=O)/C=C(\C)c1ccc(F)cc1. The Labute approximate surface area is 124 Å². The average molecular weight is 292 g/mol. The summed E-state index contributed by atoms with van der Waals surface area (Å²) in [6.45, 7) is 5.93. The van der Waals surface area contributed by atoms with Crippen molar-refractivity contribution in [2.45, 2.75) is 33.2 Å². The molecular formula is C16H21FN2O2. The third kappa shape index (κ3) is 5.77. The van der Waals surface area contributed by atoms with E-state index in [-0.39, 0.29) is 17.6 Å². The van der Waals surface area contributed by atoms with E-state index in [1.54, 1.807) is 26.0 Å². The van der Waals surface area contributed by atoms with Gasteiger partial charge in [-0.15, -0.1) is 0 Å². The smallest absolute Gasteiger partial charge is 0.244 e. The number of halogens is 1. The fraction of sp³-hybridized carbons (Fsp3) is 0.375. The molecule has 0 saturated carbocycles. The monoisotopic (exact) mass is 292 g/mol. The topological polar surface area (TPSA) is 58.2 Å². The summed E-state index contributed by atoms with van der Waals surface area (Å²) in [5.41, 5.74) is 1.46. The zero-order valence-corrected chi connectivity index (χ0v) is 12.6. The van der Waals surface area contributed by atoms with Crippen molar-refractivity contribution < 1.29 is 14.0 Å². The van der Waals surface area contributed by atoms with Crippen LogP contribution in [-0.2, 0) is 9.59 Å². The molecule has 1 aromatic rings. The van der Waals surface area contributed by atoms with Crippen LogP contribution in [0.3, 0.4) is 0 Å². The van der Waals surface area contributed by atoms with E-state index in [4.69, 9.17) is 0 Å². The summed E-state index contributed by atoms with van der Waals surface area (Å²) in [4.78, 5) is 23.5. The van der Waals surface area contributed by atoms with Gasteiger partial charge in [-0.2, -0.15) is 0 Å². The lowest BCUT2D eigenvalue weighted by Crippen LogP contribution is -2.44. The van der Waals surface area contributed by atoms with Crippen molar-refractivity contribution in [3.8, 4) is 0 Å². The number of amides is 2. The Morgan fingerprint density at radius 3 is 2.48 bits per heavy atom. The highest BCUT2D eigenvalue weighted by atomic mass is 19.1. The predicted octanol–water partition coefficient (Wildman–Crippen LogP) is 2.26. The van der Waals surface area contributed by atoms with Crippen molar-refractivity contribution in [1.82, 2.24) is 10.6 Å². The number of hydrogen-bond acceptors (Lipinski definition) is 2. The van der Waals surface area contributed by atoms with Gasteiger partial charge in [-0.3, -0.25) is 9.59 Å². The van der Waals surface area contributed by atoms with E-state index in [0.717, 1.165) is 12.0 Å². The molecule has 0 radical (unpaired) electrons. The lowest BCUT2D eigenvalue weighted by atomic mass is 10.1. The Morgan fingerprint density at radius 1 is 1.29 bits per heavy atom. The summed E-state index contributed by atoms with van der Waals surface area (Å²) in [7, 11) is 0. The summed E-state index contributed by atoms with van der Waals surface area (Å²) < 4.78 is 12.8. The van der Waals surface area contributed by atoms with Crippen molar-refractivity contribution in [3.05, 3.63) is 41.7 Å². The molecule has 0 bridgehead atoms. The van der Waals surface area contributed by atoms with Gasteiger partial charge in [0.15, 0.2) is 0 Å². The third-order valence-electron chi connectivity index (χ3n) is 2.95. The summed E-state index contributed by atoms with van der Waals surface area (Å²) in [6.07, 6.45) is 2.24. The lowest BCUT2D eigenvalue weighted by Gasteiger charge is -2.12. The molecule has 4 nitrogen and oxygen atoms in total. The van der Waals surface area contributed by atoms with E-state index in [2.05, 4.69) is 10.6 Å². The molecule has 0 heterocycles. The van der Waals surface area contributed by atoms with Crippen LogP contribution in [0.4, 0.5) is 4.39 Å². The highest BCUT2D eigenvalue weighted by Gasteiger charge is 2.13. The quantitative estimate of drug-likeness (QED) is 0.790. The predicted molar refractivity (Wildman–Crippen MR) is 81.0 cm³/mol. The van der Waals surface area contributed by atoms with Gasteiger partial charge in [-0.25, -0.2) is 4.39 Å². The number of nitrogens with one attached hydrogen (secondary N) is 2. The summed E-state index contributed by atoms with van der Waals surface area (Å²) >= 11 is 0. The Bertz CT molecular complexity index is 524. The Kier molecular flexibility index (Phi) is 6.59. The van der Waals surface area contributed by atoms with Gasteiger partial charge < -0.3 is 10.6 Å². The van der Waals surface area contributed by atoms with E-state index < -0.39 is 6.04 Å². The zero-order chi connectivity index (χ0) is 15.8. The summed E-state index contributed by atoms with van der Waals surface area (Å²) in [5, 5.41) is 5.31. The second-order valence-corrected chi connectivity index (χ2v) is 4.86. The van der Waals surface area contributed by atoms with Crippen LogP contribution in [0.15, 0.2) is 30.3 Å². The first-order chi connectivity index (χ1) is 9.93. The van der Waals surface area contributed by atoms with E-state index >= 15 is 0 Å². The van der Waals surface area contributed by atoms with Crippen molar-refractivity contribution in [2.24, 2.45) is 0 Å². The number of hydrogen-bond donors (Lipinski definition) is 2. The van der Waals surface area contributed by atoms with Crippen LogP contribution >= 0.6 is 0 Å². The first kappa shape index (κ1) is 16.9. The normalized spacial score (nSPS) is 12.7. The third-order valence-corrected chi connectivity index (χ3v) is 2.95. The molecule has 0 aliphatic rings. The minimum Gasteiger partial charge on any atom is -0.354 e. The van der Waals surface area contributed by atoms with Gasteiger partial charge in [-0.1, -0.05) is 19.1 Å². The van der Waals surface area contributed by atoms with Crippen molar-refractivity contribution in [1.29, 1.82) is 0 Å². The van der Waals surface area contributed by atoms with Crippen molar-refractivity contribution in [2.75, 3.05) is 6.54 Å². The molecule has 1 atom stereocenters. The minimum absolute atomic E-state index is 0.210. The first-order valence-corrected chi connectivity index (χ1v) is 6.96. The Hall–Kier alpha value is -2.17. The van der Waals surface area contributed by atoms with E-state index in [1.165, 1.54) is 18.2 Å². The molecule has 1 aromatic carbocycles. The second kappa shape index (κ2) is 8.19. The van der Waals surface area contributed by atoms with Crippen LogP contribution in [0.2, 0.25) is 0 Å². The average Bonchev–Trinajstić information content (AvgIpc) is 2.45. The van der Waals surface area contributed by atoms with Crippen LogP contribution in [-0.4, -0.2) is 24.4 Å².